The molecule has 9 heteroatoms. The van der Waals surface area contributed by atoms with Crippen molar-refractivity contribution in [3.63, 3.8) is 0 Å². The van der Waals surface area contributed by atoms with Crippen LogP contribution in [-0.2, 0) is 6.54 Å². The zero-order chi connectivity index (χ0) is 18.7. The van der Waals surface area contributed by atoms with Crippen LogP contribution in [0.2, 0.25) is 10.0 Å². The standard InChI is InChI=1S/C17H12BrCl2FN4S/c18-12-9-25(8-10-3-1-2-4-14(10)21)24-16(12)23-17(26)22-15-6-5-11(19)7-13(15)20/h1-7,9H,8H2,(H2,22,23,24,26). The fourth-order valence-electron chi connectivity index (χ4n) is 2.22. The van der Waals surface area contributed by atoms with Crippen LogP contribution in [0.5, 0.6) is 0 Å². The Labute approximate surface area is 173 Å². The highest BCUT2D eigenvalue weighted by Gasteiger charge is 2.11. The van der Waals surface area contributed by atoms with E-state index in [-0.39, 0.29) is 5.82 Å². The summed E-state index contributed by atoms with van der Waals surface area (Å²) in [7, 11) is 0. The normalized spacial score (nSPS) is 10.6. The average molecular weight is 474 g/mol. The summed E-state index contributed by atoms with van der Waals surface area (Å²) in [5.74, 6) is 0.229. The Bertz CT molecular complexity index is 964. The Morgan fingerprint density at radius 2 is 1.96 bits per heavy atom. The molecule has 0 aliphatic rings. The molecule has 0 fully saturated rings. The third-order valence-electron chi connectivity index (χ3n) is 3.42. The monoisotopic (exact) mass is 472 g/mol. The van der Waals surface area contributed by atoms with Gasteiger partial charge in [0.1, 0.15) is 5.82 Å². The molecule has 2 N–H and O–H groups in total. The van der Waals surface area contributed by atoms with Crippen LogP contribution < -0.4 is 10.6 Å². The van der Waals surface area contributed by atoms with Crippen molar-refractivity contribution in [2.45, 2.75) is 6.54 Å². The van der Waals surface area contributed by atoms with Gasteiger partial charge in [-0.1, -0.05) is 41.4 Å². The first-order valence-electron chi connectivity index (χ1n) is 7.42. The summed E-state index contributed by atoms with van der Waals surface area (Å²) in [6.45, 7) is 0.302. The molecule has 0 atom stereocenters. The molecular weight excluding hydrogens is 462 g/mol. The fourth-order valence-corrected chi connectivity index (χ4v) is 3.29. The minimum atomic E-state index is -0.275. The van der Waals surface area contributed by atoms with E-state index in [0.29, 0.717) is 43.2 Å². The predicted molar refractivity (Wildman–Crippen MR) is 112 cm³/mol. The first-order valence-corrected chi connectivity index (χ1v) is 9.37. The lowest BCUT2D eigenvalue weighted by Gasteiger charge is -2.10. The fraction of sp³-hybridized carbons (Fsp3) is 0.0588. The van der Waals surface area contributed by atoms with Gasteiger partial charge in [-0.2, -0.15) is 5.10 Å². The van der Waals surface area contributed by atoms with Crippen LogP contribution >= 0.6 is 51.3 Å². The molecule has 26 heavy (non-hydrogen) atoms. The van der Waals surface area contributed by atoms with Crippen molar-refractivity contribution in [2.24, 2.45) is 0 Å². The molecule has 0 spiro atoms. The number of nitrogens with one attached hydrogen (secondary N) is 2. The van der Waals surface area contributed by atoms with Gasteiger partial charge < -0.3 is 10.6 Å². The number of hydrogen-bond acceptors (Lipinski definition) is 2. The van der Waals surface area contributed by atoms with E-state index >= 15 is 0 Å². The van der Waals surface area contributed by atoms with E-state index in [1.54, 1.807) is 47.3 Å². The van der Waals surface area contributed by atoms with E-state index in [1.165, 1.54) is 6.07 Å². The van der Waals surface area contributed by atoms with Gasteiger partial charge in [-0.05, 0) is 52.4 Å². The van der Waals surface area contributed by atoms with E-state index in [2.05, 4.69) is 31.7 Å². The molecule has 0 bridgehead atoms. The van der Waals surface area contributed by atoms with E-state index in [0.717, 1.165) is 0 Å². The van der Waals surface area contributed by atoms with Crippen molar-refractivity contribution >= 4 is 68.0 Å². The van der Waals surface area contributed by atoms with Gasteiger partial charge in [0.05, 0.1) is 21.7 Å². The van der Waals surface area contributed by atoms with Crippen molar-refractivity contribution in [1.82, 2.24) is 9.78 Å². The molecule has 0 saturated carbocycles. The van der Waals surface area contributed by atoms with Crippen LogP contribution in [0, 0.1) is 5.82 Å². The maximum absolute atomic E-state index is 13.8. The van der Waals surface area contributed by atoms with Gasteiger partial charge in [0.25, 0.3) is 0 Å². The minimum Gasteiger partial charge on any atom is -0.331 e. The molecule has 0 radical (unpaired) electrons. The lowest BCUT2D eigenvalue weighted by molar-refractivity contribution is 0.586. The number of aromatic nitrogens is 2. The number of benzene rings is 2. The summed E-state index contributed by atoms with van der Waals surface area (Å²) >= 11 is 20.7. The summed E-state index contributed by atoms with van der Waals surface area (Å²) < 4.78 is 16.1. The molecule has 134 valence electrons. The SMILES string of the molecule is Fc1ccccc1Cn1cc(Br)c(NC(=S)Nc2ccc(Cl)cc2Cl)n1. The van der Waals surface area contributed by atoms with E-state index in [1.807, 2.05) is 0 Å². The Morgan fingerprint density at radius 3 is 2.69 bits per heavy atom. The molecule has 1 heterocycles. The lowest BCUT2D eigenvalue weighted by Crippen LogP contribution is -2.20. The second-order valence-electron chi connectivity index (χ2n) is 5.32. The largest absolute Gasteiger partial charge is 0.331 e. The first-order chi connectivity index (χ1) is 12.4. The Hall–Kier alpha value is -1.67. The van der Waals surface area contributed by atoms with Crippen LogP contribution in [-0.4, -0.2) is 14.9 Å². The molecule has 0 aliphatic carbocycles. The van der Waals surface area contributed by atoms with Crippen LogP contribution in [0.4, 0.5) is 15.9 Å². The summed E-state index contributed by atoms with van der Waals surface area (Å²) in [6.07, 6.45) is 1.74. The Morgan fingerprint density at radius 1 is 1.19 bits per heavy atom. The summed E-state index contributed by atoms with van der Waals surface area (Å²) in [4.78, 5) is 0. The molecule has 2 aromatic carbocycles. The topological polar surface area (TPSA) is 41.9 Å². The lowest BCUT2D eigenvalue weighted by atomic mass is 10.2. The molecule has 0 amide bonds. The minimum absolute atomic E-state index is 0.275. The quantitative estimate of drug-likeness (QED) is 0.459. The molecule has 0 saturated heterocycles. The second kappa shape index (κ2) is 8.35. The average Bonchev–Trinajstić information content (AvgIpc) is 2.92. The number of rotatable bonds is 4. The predicted octanol–water partition coefficient (Wildman–Crippen LogP) is 5.95. The van der Waals surface area contributed by atoms with Gasteiger partial charge in [-0.3, -0.25) is 4.68 Å². The van der Waals surface area contributed by atoms with Gasteiger partial charge in [0, 0.05) is 16.8 Å². The highest BCUT2D eigenvalue weighted by atomic mass is 79.9. The number of thiocarbonyl (C=S) groups is 1. The Kier molecular flexibility index (Phi) is 6.13. The smallest absolute Gasteiger partial charge is 0.176 e. The van der Waals surface area contributed by atoms with E-state index in [4.69, 9.17) is 35.4 Å². The van der Waals surface area contributed by atoms with Gasteiger partial charge in [-0.15, -0.1) is 0 Å². The first kappa shape index (κ1) is 19.1. The highest BCUT2D eigenvalue weighted by molar-refractivity contribution is 9.10. The maximum Gasteiger partial charge on any atom is 0.176 e. The van der Waals surface area contributed by atoms with Gasteiger partial charge in [-0.25, -0.2) is 4.39 Å². The van der Waals surface area contributed by atoms with Crippen LogP contribution in [0.1, 0.15) is 5.56 Å². The number of halogens is 4. The van der Waals surface area contributed by atoms with Crippen molar-refractivity contribution in [3.05, 3.63) is 74.6 Å². The van der Waals surface area contributed by atoms with Gasteiger partial charge in [0.2, 0.25) is 0 Å². The van der Waals surface area contributed by atoms with E-state index in [9.17, 15) is 4.39 Å². The zero-order valence-electron chi connectivity index (χ0n) is 13.1. The summed E-state index contributed by atoms with van der Waals surface area (Å²) in [5.41, 5.74) is 1.16. The number of hydrogen-bond donors (Lipinski definition) is 2. The number of nitrogens with zero attached hydrogens (tertiary/aromatic N) is 2. The van der Waals surface area contributed by atoms with Crippen molar-refractivity contribution < 1.29 is 4.39 Å². The molecule has 1 aromatic heterocycles. The van der Waals surface area contributed by atoms with Crippen LogP contribution in [0.25, 0.3) is 0 Å². The van der Waals surface area contributed by atoms with Crippen LogP contribution in [0.3, 0.4) is 0 Å². The maximum atomic E-state index is 13.8. The highest BCUT2D eigenvalue weighted by Crippen LogP contribution is 2.26. The third-order valence-corrected chi connectivity index (χ3v) is 4.75. The van der Waals surface area contributed by atoms with E-state index < -0.39 is 0 Å². The number of anilines is 2. The third kappa shape index (κ3) is 4.73. The summed E-state index contributed by atoms with van der Waals surface area (Å²) in [6, 6.07) is 11.6. The zero-order valence-corrected chi connectivity index (χ0v) is 17.1. The Balaban J connectivity index is 1.69. The van der Waals surface area contributed by atoms with Crippen molar-refractivity contribution in [1.29, 1.82) is 0 Å². The summed E-state index contributed by atoms with van der Waals surface area (Å²) in [5, 5.41) is 11.6. The molecule has 3 rings (SSSR count). The van der Waals surface area contributed by atoms with Gasteiger partial charge >= 0.3 is 0 Å². The molecule has 4 nitrogen and oxygen atoms in total. The van der Waals surface area contributed by atoms with Gasteiger partial charge in [0.15, 0.2) is 10.9 Å². The molecule has 0 unspecified atom stereocenters. The molecule has 0 aliphatic heterocycles. The second-order valence-corrected chi connectivity index (χ2v) is 7.42. The molecular formula is C17H12BrCl2FN4S. The van der Waals surface area contributed by atoms with Crippen molar-refractivity contribution in [2.75, 3.05) is 10.6 Å². The molecule has 3 aromatic rings. The van der Waals surface area contributed by atoms with Crippen LogP contribution in [0.15, 0.2) is 53.1 Å². The van der Waals surface area contributed by atoms with Crippen molar-refractivity contribution in [3.8, 4) is 0 Å².